The van der Waals surface area contributed by atoms with Crippen molar-refractivity contribution in [2.75, 3.05) is 22.9 Å². The van der Waals surface area contributed by atoms with Crippen LogP contribution in [0.4, 0.5) is 25.8 Å². The zero-order chi connectivity index (χ0) is 14.0. The fourth-order valence-corrected chi connectivity index (χ4v) is 1.90. The molecule has 7 heteroatoms. The monoisotopic (exact) mass is 271 g/mol. The van der Waals surface area contributed by atoms with E-state index < -0.39 is 12.5 Å². The number of anilines is 3. The van der Waals surface area contributed by atoms with E-state index in [4.69, 9.17) is 10.8 Å². The summed E-state index contributed by atoms with van der Waals surface area (Å²) in [6, 6.07) is 3.30. The average Bonchev–Trinajstić information content (AvgIpc) is 2.36. The van der Waals surface area contributed by atoms with E-state index in [0.29, 0.717) is 29.9 Å². The normalized spacial score (nSPS) is 15.9. The molecule has 1 atom stereocenters. The molecule has 0 saturated heterocycles. The highest BCUT2D eigenvalue weighted by Gasteiger charge is 2.19. The minimum atomic E-state index is -2.81. The van der Waals surface area contributed by atoms with Crippen LogP contribution >= 0.6 is 0 Å². The Bertz CT molecular complexity index is 494. The SMILES string of the molecule is Nc1cc2c(cc1NCC(O)C(F)F)NC(=O)CC2. The highest BCUT2D eigenvalue weighted by molar-refractivity contribution is 5.95. The lowest BCUT2D eigenvalue weighted by Crippen LogP contribution is -2.27. The lowest BCUT2D eigenvalue weighted by atomic mass is 10.0. The Morgan fingerprint density at radius 2 is 2.16 bits per heavy atom. The third-order valence-electron chi connectivity index (χ3n) is 2.96. The van der Waals surface area contributed by atoms with Gasteiger partial charge in [0.15, 0.2) is 0 Å². The highest BCUT2D eigenvalue weighted by atomic mass is 19.3. The molecule has 1 aliphatic rings. The van der Waals surface area contributed by atoms with Crippen LogP contribution in [0.15, 0.2) is 12.1 Å². The number of rotatable bonds is 4. The third kappa shape index (κ3) is 3.11. The Morgan fingerprint density at radius 3 is 2.84 bits per heavy atom. The summed E-state index contributed by atoms with van der Waals surface area (Å²) in [5.41, 5.74) is 8.15. The second-order valence-electron chi connectivity index (χ2n) is 4.43. The number of aliphatic hydroxyl groups excluding tert-OH is 1. The minimum absolute atomic E-state index is 0.0872. The molecular weight excluding hydrogens is 256 g/mol. The molecule has 19 heavy (non-hydrogen) atoms. The molecule has 0 aliphatic carbocycles. The van der Waals surface area contributed by atoms with E-state index in [1.54, 1.807) is 12.1 Å². The van der Waals surface area contributed by atoms with Gasteiger partial charge in [-0.2, -0.15) is 0 Å². The first-order chi connectivity index (χ1) is 8.97. The van der Waals surface area contributed by atoms with Crippen molar-refractivity contribution in [2.24, 2.45) is 0 Å². The first-order valence-electron chi connectivity index (χ1n) is 5.89. The first kappa shape index (κ1) is 13.5. The summed E-state index contributed by atoms with van der Waals surface area (Å²) in [6.07, 6.45) is -3.56. The molecule has 0 spiro atoms. The lowest BCUT2D eigenvalue weighted by Gasteiger charge is -2.20. The van der Waals surface area contributed by atoms with Crippen molar-refractivity contribution in [3.05, 3.63) is 17.7 Å². The van der Waals surface area contributed by atoms with E-state index in [-0.39, 0.29) is 12.5 Å². The van der Waals surface area contributed by atoms with Gasteiger partial charge in [-0.1, -0.05) is 0 Å². The molecule has 1 heterocycles. The van der Waals surface area contributed by atoms with Crippen LogP contribution in [-0.4, -0.2) is 30.1 Å². The molecule has 0 bridgehead atoms. The van der Waals surface area contributed by atoms with E-state index >= 15 is 0 Å². The number of aliphatic hydroxyl groups is 1. The van der Waals surface area contributed by atoms with Crippen LogP contribution in [0.2, 0.25) is 0 Å². The number of hydrogen-bond donors (Lipinski definition) is 4. The average molecular weight is 271 g/mol. The highest BCUT2D eigenvalue weighted by Crippen LogP contribution is 2.31. The van der Waals surface area contributed by atoms with Crippen molar-refractivity contribution >= 4 is 23.0 Å². The number of amides is 1. The maximum atomic E-state index is 12.2. The second-order valence-corrected chi connectivity index (χ2v) is 4.43. The Morgan fingerprint density at radius 1 is 1.42 bits per heavy atom. The number of alkyl halides is 2. The second kappa shape index (κ2) is 5.40. The van der Waals surface area contributed by atoms with Gasteiger partial charge in [0.05, 0.1) is 11.4 Å². The number of nitrogen functional groups attached to an aromatic ring is 1. The fraction of sp³-hybridized carbons (Fsp3) is 0.417. The van der Waals surface area contributed by atoms with Crippen LogP contribution in [0.25, 0.3) is 0 Å². The van der Waals surface area contributed by atoms with Crippen LogP contribution in [0, 0.1) is 0 Å². The smallest absolute Gasteiger partial charge is 0.265 e. The summed E-state index contributed by atoms with van der Waals surface area (Å²) in [4.78, 5) is 11.3. The molecule has 5 nitrogen and oxygen atoms in total. The number of carbonyl (C=O) groups excluding carboxylic acids is 1. The van der Waals surface area contributed by atoms with Gasteiger partial charge in [0.2, 0.25) is 5.91 Å². The number of halogens is 2. The molecule has 0 aromatic heterocycles. The summed E-state index contributed by atoms with van der Waals surface area (Å²) >= 11 is 0. The molecule has 1 unspecified atom stereocenters. The van der Waals surface area contributed by atoms with Gasteiger partial charge in [0, 0.05) is 18.7 Å². The minimum Gasteiger partial charge on any atom is -0.397 e. The van der Waals surface area contributed by atoms with Gasteiger partial charge in [-0.15, -0.1) is 0 Å². The van der Waals surface area contributed by atoms with Crippen LogP contribution in [0.5, 0.6) is 0 Å². The standard InChI is InChI=1S/C12H15F2N3O2/c13-12(14)10(18)5-16-9-4-8-6(3-7(9)15)1-2-11(19)17-8/h3-4,10,12,16,18H,1-2,5,15H2,(H,17,19). The predicted octanol–water partition coefficient (Wildman–Crippen LogP) is 1.19. The van der Waals surface area contributed by atoms with Crippen molar-refractivity contribution in [1.29, 1.82) is 0 Å². The van der Waals surface area contributed by atoms with Crippen molar-refractivity contribution in [3.8, 4) is 0 Å². The van der Waals surface area contributed by atoms with E-state index in [1.165, 1.54) is 0 Å². The molecule has 104 valence electrons. The van der Waals surface area contributed by atoms with Crippen molar-refractivity contribution in [1.82, 2.24) is 0 Å². The van der Waals surface area contributed by atoms with Crippen LogP contribution in [0.1, 0.15) is 12.0 Å². The quantitative estimate of drug-likeness (QED) is 0.619. The molecule has 2 rings (SSSR count). The number of nitrogens with one attached hydrogen (secondary N) is 2. The van der Waals surface area contributed by atoms with Crippen LogP contribution in [0.3, 0.4) is 0 Å². The largest absolute Gasteiger partial charge is 0.397 e. The van der Waals surface area contributed by atoms with E-state index in [0.717, 1.165) is 5.56 Å². The molecule has 5 N–H and O–H groups in total. The summed E-state index contributed by atoms with van der Waals surface area (Å²) in [5, 5.41) is 14.4. The Hall–Kier alpha value is -1.89. The van der Waals surface area contributed by atoms with E-state index in [2.05, 4.69) is 10.6 Å². The number of nitrogens with two attached hydrogens (primary N) is 1. The molecule has 1 aliphatic heterocycles. The Labute approximate surface area is 108 Å². The number of hydrogen-bond acceptors (Lipinski definition) is 4. The van der Waals surface area contributed by atoms with Gasteiger partial charge in [0.1, 0.15) is 6.10 Å². The molecular formula is C12H15F2N3O2. The van der Waals surface area contributed by atoms with E-state index in [1.807, 2.05) is 0 Å². The number of benzene rings is 1. The van der Waals surface area contributed by atoms with E-state index in [9.17, 15) is 13.6 Å². The molecule has 1 amide bonds. The molecule has 0 saturated carbocycles. The number of fused-ring (bicyclic) bond motifs is 1. The maximum absolute atomic E-state index is 12.2. The predicted molar refractivity (Wildman–Crippen MR) is 68.3 cm³/mol. The van der Waals surface area contributed by atoms with Crippen molar-refractivity contribution < 1.29 is 18.7 Å². The Balaban J connectivity index is 2.13. The maximum Gasteiger partial charge on any atom is 0.265 e. The van der Waals surface area contributed by atoms with Crippen molar-refractivity contribution in [2.45, 2.75) is 25.4 Å². The zero-order valence-corrected chi connectivity index (χ0v) is 10.1. The first-order valence-corrected chi connectivity index (χ1v) is 5.89. The third-order valence-corrected chi connectivity index (χ3v) is 2.96. The summed E-state index contributed by atoms with van der Waals surface area (Å²) in [6.45, 7) is -0.311. The van der Waals surface area contributed by atoms with Gasteiger partial charge in [-0.25, -0.2) is 8.78 Å². The van der Waals surface area contributed by atoms with Gasteiger partial charge in [-0.05, 0) is 24.1 Å². The number of carbonyl (C=O) groups is 1. The lowest BCUT2D eigenvalue weighted by molar-refractivity contribution is -0.116. The number of aryl methyl sites for hydroxylation is 1. The zero-order valence-electron chi connectivity index (χ0n) is 10.1. The van der Waals surface area contributed by atoms with Crippen molar-refractivity contribution in [3.63, 3.8) is 0 Å². The summed E-state index contributed by atoms with van der Waals surface area (Å²) < 4.78 is 24.4. The fourth-order valence-electron chi connectivity index (χ4n) is 1.90. The topological polar surface area (TPSA) is 87.4 Å². The summed E-state index contributed by atoms with van der Waals surface area (Å²) in [5.74, 6) is -0.0872. The van der Waals surface area contributed by atoms with Gasteiger partial charge < -0.3 is 21.5 Å². The van der Waals surface area contributed by atoms with Crippen LogP contribution < -0.4 is 16.4 Å². The van der Waals surface area contributed by atoms with Gasteiger partial charge in [0.25, 0.3) is 6.43 Å². The molecule has 1 aromatic carbocycles. The molecule has 0 radical (unpaired) electrons. The van der Waals surface area contributed by atoms with Gasteiger partial charge in [-0.3, -0.25) is 4.79 Å². The van der Waals surface area contributed by atoms with Crippen LogP contribution in [-0.2, 0) is 11.2 Å². The molecule has 1 aromatic rings. The summed E-state index contributed by atoms with van der Waals surface area (Å²) in [7, 11) is 0. The van der Waals surface area contributed by atoms with Gasteiger partial charge >= 0.3 is 0 Å². The molecule has 0 fully saturated rings. The Kier molecular flexibility index (Phi) is 3.84.